The summed E-state index contributed by atoms with van der Waals surface area (Å²) in [4.78, 5) is 10.3. The number of benzene rings is 2. The van der Waals surface area contributed by atoms with Crippen molar-refractivity contribution in [2.45, 2.75) is 64.5 Å². The first-order chi connectivity index (χ1) is 20.9. The highest BCUT2D eigenvalue weighted by Crippen LogP contribution is 2.39. The van der Waals surface area contributed by atoms with Crippen LogP contribution in [-0.4, -0.2) is 38.3 Å². The number of hydrogen-bond donors (Lipinski definition) is 0. The van der Waals surface area contributed by atoms with Crippen LogP contribution in [0.5, 0.6) is 0 Å². The number of rotatable bonds is 11. The molecule has 2 aromatic heterocycles. The van der Waals surface area contributed by atoms with Gasteiger partial charge in [-0.2, -0.15) is 31.1 Å². The van der Waals surface area contributed by atoms with Gasteiger partial charge in [-0.15, -0.1) is 5.10 Å². The van der Waals surface area contributed by atoms with Gasteiger partial charge in [0.05, 0.1) is 23.7 Å². The third kappa shape index (κ3) is 6.91. The third-order valence-electron chi connectivity index (χ3n) is 8.18. The van der Waals surface area contributed by atoms with E-state index >= 15 is 0 Å². The van der Waals surface area contributed by atoms with Gasteiger partial charge in [-0.3, -0.25) is 0 Å². The van der Waals surface area contributed by atoms with Crippen molar-refractivity contribution in [2.24, 2.45) is 18.9 Å². The van der Waals surface area contributed by atoms with Crippen molar-refractivity contribution >= 4 is 22.7 Å². The molecule has 2 aromatic carbocycles. The lowest BCUT2D eigenvalue weighted by Gasteiger charge is -2.29. The highest BCUT2D eigenvalue weighted by atomic mass is 19.4. The van der Waals surface area contributed by atoms with Gasteiger partial charge in [0.15, 0.2) is 0 Å². The van der Waals surface area contributed by atoms with Crippen molar-refractivity contribution in [3.05, 3.63) is 70.3 Å². The second-order valence-electron chi connectivity index (χ2n) is 12.0. The number of tetrazole rings is 1. The fourth-order valence-electron chi connectivity index (χ4n) is 5.58. The first kappa shape index (κ1) is 30.1. The molecule has 2 saturated carbocycles. The Labute approximate surface area is 250 Å². The summed E-state index contributed by atoms with van der Waals surface area (Å²) in [6, 6.07) is 9.64. The van der Waals surface area contributed by atoms with Crippen molar-refractivity contribution in [1.29, 1.82) is 0 Å². The number of alkyl halides is 6. The van der Waals surface area contributed by atoms with E-state index in [-0.39, 0.29) is 30.7 Å². The van der Waals surface area contributed by atoms with Crippen molar-refractivity contribution in [3.8, 4) is 0 Å². The molecule has 0 unspecified atom stereocenters. The van der Waals surface area contributed by atoms with Gasteiger partial charge in [-0.25, -0.2) is 4.98 Å². The third-order valence-corrected chi connectivity index (χ3v) is 8.18. The summed E-state index contributed by atoms with van der Waals surface area (Å²) in [5.41, 5.74) is -0.117. The second-order valence-corrected chi connectivity index (χ2v) is 12.0. The predicted molar refractivity (Wildman–Crippen MR) is 154 cm³/mol. The minimum Gasteiger partial charge on any atom is -0.356 e. The van der Waals surface area contributed by atoms with E-state index in [1.54, 1.807) is 11.9 Å². The van der Waals surface area contributed by atoms with Crippen LogP contribution in [0.1, 0.15) is 60.4 Å². The Morgan fingerprint density at radius 2 is 1.45 bits per heavy atom. The van der Waals surface area contributed by atoms with Crippen LogP contribution >= 0.6 is 0 Å². The van der Waals surface area contributed by atoms with E-state index < -0.39 is 23.5 Å². The summed E-state index contributed by atoms with van der Waals surface area (Å²) in [7, 11) is 1.54. The molecule has 7 nitrogen and oxygen atoms in total. The van der Waals surface area contributed by atoms with E-state index in [4.69, 9.17) is 4.98 Å². The van der Waals surface area contributed by atoms with Crippen molar-refractivity contribution < 1.29 is 26.3 Å². The molecule has 2 fully saturated rings. The maximum absolute atomic E-state index is 13.7. The minimum absolute atomic E-state index is 0.0859. The molecule has 0 spiro atoms. The molecule has 4 aromatic rings. The summed E-state index contributed by atoms with van der Waals surface area (Å²) >= 11 is 0. The van der Waals surface area contributed by atoms with Gasteiger partial charge in [0.25, 0.3) is 5.95 Å². The zero-order valence-electron chi connectivity index (χ0n) is 24.5. The molecule has 0 bridgehead atoms. The van der Waals surface area contributed by atoms with Crippen molar-refractivity contribution in [3.63, 3.8) is 0 Å². The standard InChI is InChI=1S/C31H33F6N7/c1-3-22-5-4-6-23-13-24(28(38-27(22)23)43(15-19-7-8-19)16-20-9-10-20)18-44(29-39-41-42(2)40-29)17-21-11-25(30(32,33)34)14-26(12-21)31(35,36)37/h4-6,11-14,19-20H,3,7-10,15-18H2,1-2H3. The van der Waals surface area contributed by atoms with Crippen LogP contribution in [0.15, 0.2) is 42.5 Å². The molecule has 13 heteroatoms. The lowest BCUT2D eigenvalue weighted by molar-refractivity contribution is -0.143. The van der Waals surface area contributed by atoms with Gasteiger partial charge in [-0.1, -0.05) is 30.2 Å². The molecular formula is C31H33F6N7. The molecule has 2 aliphatic carbocycles. The van der Waals surface area contributed by atoms with E-state index in [2.05, 4.69) is 27.2 Å². The van der Waals surface area contributed by atoms with Crippen LogP contribution < -0.4 is 9.80 Å². The summed E-state index contributed by atoms with van der Waals surface area (Å²) < 4.78 is 82.1. The van der Waals surface area contributed by atoms with Gasteiger partial charge in [0.1, 0.15) is 5.82 Å². The number of fused-ring (bicyclic) bond motifs is 1. The monoisotopic (exact) mass is 617 g/mol. The number of pyridine rings is 1. The number of hydrogen-bond acceptors (Lipinski definition) is 6. The molecule has 44 heavy (non-hydrogen) atoms. The summed E-state index contributed by atoms with van der Waals surface area (Å²) in [6.45, 7) is 3.56. The van der Waals surface area contributed by atoms with Gasteiger partial charge >= 0.3 is 12.4 Å². The van der Waals surface area contributed by atoms with E-state index in [1.807, 2.05) is 24.3 Å². The largest absolute Gasteiger partial charge is 0.416 e. The lowest BCUT2D eigenvalue weighted by Crippen LogP contribution is -2.32. The van der Waals surface area contributed by atoms with Gasteiger partial charge < -0.3 is 9.80 Å². The number of halogens is 6. The SMILES string of the molecule is CCc1cccc2cc(CN(Cc3cc(C(F)(F)F)cc(C(F)(F)F)c3)c3nnn(C)n3)c(N(CC3CC3)CC3CC3)nc12. The number of anilines is 2. The molecule has 2 aliphatic rings. The van der Waals surface area contributed by atoms with E-state index in [0.717, 1.165) is 85.2 Å². The first-order valence-corrected chi connectivity index (χ1v) is 14.8. The molecule has 6 rings (SSSR count). The zero-order valence-corrected chi connectivity index (χ0v) is 24.5. The van der Waals surface area contributed by atoms with Crippen LogP contribution in [0.25, 0.3) is 10.9 Å². The maximum Gasteiger partial charge on any atom is 0.416 e. The van der Waals surface area contributed by atoms with E-state index in [0.29, 0.717) is 11.8 Å². The Balaban J connectivity index is 1.45. The molecule has 0 aliphatic heterocycles. The number of aromatic nitrogens is 5. The Morgan fingerprint density at radius 3 is 1.98 bits per heavy atom. The van der Waals surface area contributed by atoms with E-state index in [1.165, 1.54) is 4.80 Å². The minimum atomic E-state index is -4.95. The highest BCUT2D eigenvalue weighted by molar-refractivity contribution is 5.85. The van der Waals surface area contributed by atoms with E-state index in [9.17, 15) is 26.3 Å². The molecular weight excluding hydrogens is 584 g/mol. The fraction of sp³-hybridized carbons (Fsp3) is 0.484. The molecule has 0 atom stereocenters. The highest BCUT2D eigenvalue weighted by Gasteiger charge is 2.37. The summed E-state index contributed by atoms with van der Waals surface area (Å²) in [6.07, 6.45) is -4.52. The smallest absolute Gasteiger partial charge is 0.356 e. The quantitative estimate of drug-likeness (QED) is 0.166. The Bertz CT molecular complexity index is 1590. The van der Waals surface area contributed by atoms with Crippen molar-refractivity contribution in [2.75, 3.05) is 22.9 Å². The zero-order chi connectivity index (χ0) is 31.2. The maximum atomic E-state index is 13.7. The molecule has 0 N–H and O–H groups in total. The average Bonchev–Trinajstić information content (AvgIpc) is 3.91. The normalized spacial score (nSPS) is 15.6. The molecule has 234 valence electrons. The van der Waals surface area contributed by atoms with Crippen LogP contribution in [0, 0.1) is 11.8 Å². The van der Waals surface area contributed by atoms with Crippen LogP contribution in [-0.2, 0) is 38.9 Å². The average molecular weight is 618 g/mol. The number of para-hydroxylation sites is 1. The Hall–Kier alpha value is -3.90. The van der Waals surface area contributed by atoms with Crippen LogP contribution in [0.2, 0.25) is 0 Å². The van der Waals surface area contributed by atoms with Gasteiger partial charge in [0, 0.05) is 37.1 Å². The van der Waals surface area contributed by atoms with Gasteiger partial charge in [-0.05, 0) is 84.5 Å². The van der Waals surface area contributed by atoms with Crippen LogP contribution in [0.4, 0.5) is 38.1 Å². The topological polar surface area (TPSA) is 63.0 Å². The molecule has 2 heterocycles. The predicted octanol–water partition coefficient (Wildman–Crippen LogP) is 7.19. The first-order valence-electron chi connectivity index (χ1n) is 14.8. The number of nitrogens with zero attached hydrogens (tertiary/aromatic N) is 7. The molecule has 0 radical (unpaired) electrons. The Morgan fingerprint density at radius 1 is 0.818 bits per heavy atom. The Kier molecular flexibility index (Phi) is 7.91. The second kappa shape index (κ2) is 11.6. The summed E-state index contributed by atoms with van der Waals surface area (Å²) in [5, 5.41) is 13.1. The number of aryl methyl sites for hydroxylation is 2. The van der Waals surface area contributed by atoms with Gasteiger partial charge in [0.2, 0.25) is 0 Å². The lowest BCUT2D eigenvalue weighted by atomic mass is 10.0. The molecule has 0 saturated heterocycles. The summed E-state index contributed by atoms with van der Waals surface area (Å²) in [5.74, 6) is 2.02. The van der Waals surface area contributed by atoms with Crippen molar-refractivity contribution in [1.82, 2.24) is 25.2 Å². The fourth-order valence-corrected chi connectivity index (χ4v) is 5.58. The van der Waals surface area contributed by atoms with Crippen LogP contribution in [0.3, 0.4) is 0 Å². The molecule has 0 amide bonds.